The highest BCUT2D eigenvalue weighted by atomic mass is 79.9. The quantitative estimate of drug-likeness (QED) is 0.460. The van der Waals surface area contributed by atoms with E-state index in [0.717, 1.165) is 44.6 Å². The third-order valence-corrected chi connectivity index (χ3v) is 5.65. The van der Waals surface area contributed by atoms with Crippen molar-refractivity contribution in [3.8, 4) is 23.0 Å². The first kappa shape index (κ1) is 19.6. The van der Waals surface area contributed by atoms with E-state index < -0.39 is 0 Å². The minimum absolute atomic E-state index is 0.0786. The van der Waals surface area contributed by atoms with Gasteiger partial charge in [0.1, 0.15) is 0 Å². The lowest BCUT2D eigenvalue weighted by Crippen LogP contribution is -2.36. The molecule has 6 heteroatoms. The summed E-state index contributed by atoms with van der Waals surface area (Å²) in [5, 5.41) is 24.4. The molecule has 0 radical (unpaired) electrons. The van der Waals surface area contributed by atoms with Gasteiger partial charge in [-0.15, -0.1) is 0 Å². The normalized spacial score (nSPS) is 11.9. The van der Waals surface area contributed by atoms with E-state index in [0.29, 0.717) is 16.0 Å². The summed E-state index contributed by atoms with van der Waals surface area (Å²) in [7, 11) is 9.49. The van der Waals surface area contributed by atoms with E-state index in [2.05, 4.69) is 37.1 Å². The monoisotopic (exact) mass is 434 g/mol. The summed E-state index contributed by atoms with van der Waals surface area (Å²) in [5.41, 5.74) is 1.03. The molecule has 0 amide bonds. The second-order valence-electron chi connectivity index (χ2n) is 7.67. The van der Waals surface area contributed by atoms with Crippen molar-refractivity contribution in [2.24, 2.45) is 0 Å². The van der Waals surface area contributed by atoms with Crippen molar-refractivity contribution in [2.45, 2.75) is 6.42 Å². The first-order chi connectivity index (χ1) is 12.7. The second kappa shape index (κ2) is 7.09. The lowest BCUT2D eigenvalue weighted by atomic mass is 9.95. The molecule has 0 aromatic heterocycles. The van der Waals surface area contributed by atoms with Crippen LogP contribution in [0.4, 0.5) is 0 Å². The molecule has 3 aromatic carbocycles. The topological polar surface area (TPSA) is 58.9 Å². The number of halogens is 1. The molecular weight excluding hydrogens is 410 g/mol. The Kier molecular flexibility index (Phi) is 5.14. The largest absolute Gasteiger partial charge is 0.504 e. The van der Waals surface area contributed by atoms with Crippen LogP contribution < -0.4 is 9.47 Å². The van der Waals surface area contributed by atoms with E-state index in [4.69, 9.17) is 9.47 Å². The predicted molar refractivity (Wildman–Crippen MR) is 112 cm³/mol. The van der Waals surface area contributed by atoms with E-state index in [1.807, 2.05) is 12.1 Å². The minimum atomic E-state index is 0.0786. The van der Waals surface area contributed by atoms with Gasteiger partial charge in [0, 0.05) is 11.8 Å². The number of quaternary nitrogens is 1. The fourth-order valence-corrected chi connectivity index (χ4v) is 3.96. The number of benzene rings is 3. The maximum absolute atomic E-state index is 10.8. The summed E-state index contributed by atoms with van der Waals surface area (Å²) in [6.45, 7) is 0.913. The maximum atomic E-state index is 10.8. The highest BCUT2D eigenvalue weighted by Crippen LogP contribution is 2.48. The Balaban J connectivity index is 2.41. The SMILES string of the molecule is COc1cc2c(ccc3c(CC[N+](C)(C)C)c(Br)c(O)c(OC)c32)cc1O. The number of nitrogens with zero attached hydrogens (tertiary/aromatic N) is 1. The van der Waals surface area contributed by atoms with E-state index in [-0.39, 0.29) is 11.5 Å². The smallest absolute Gasteiger partial charge is 0.173 e. The van der Waals surface area contributed by atoms with Gasteiger partial charge in [0.05, 0.1) is 46.4 Å². The zero-order valence-electron chi connectivity index (χ0n) is 16.3. The van der Waals surface area contributed by atoms with E-state index in [1.54, 1.807) is 19.2 Å². The van der Waals surface area contributed by atoms with Crippen molar-refractivity contribution in [2.75, 3.05) is 41.9 Å². The van der Waals surface area contributed by atoms with Crippen molar-refractivity contribution >= 4 is 37.5 Å². The van der Waals surface area contributed by atoms with Crippen LogP contribution in [0.5, 0.6) is 23.0 Å². The van der Waals surface area contributed by atoms with E-state index in [9.17, 15) is 10.2 Å². The van der Waals surface area contributed by atoms with Gasteiger partial charge in [0.2, 0.25) is 0 Å². The van der Waals surface area contributed by atoms with Crippen molar-refractivity contribution in [1.82, 2.24) is 0 Å². The fraction of sp³-hybridized carbons (Fsp3) is 0.333. The van der Waals surface area contributed by atoms with Crippen molar-refractivity contribution in [3.05, 3.63) is 34.3 Å². The average molecular weight is 435 g/mol. The van der Waals surface area contributed by atoms with Crippen molar-refractivity contribution in [3.63, 3.8) is 0 Å². The number of hydrogen-bond donors (Lipinski definition) is 2. The maximum Gasteiger partial charge on any atom is 0.173 e. The van der Waals surface area contributed by atoms with Crippen molar-refractivity contribution in [1.29, 1.82) is 0 Å². The lowest BCUT2D eigenvalue weighted by Gasteiger charge is -2.25. The molecule has 3 aromatic rings. The zero-order valence-corrected chi connectivity index (χ0v) is 17.8. The van der Waals surface area contributed by atoms with Crippen LogP contribution in [0.25, 0.3) is 21.5 Å². The molecule has 144 valence electrons. The Bertz CT molecular complexity index is 1020. The van der Waals surface area contributed by atoms with Crippen LogP contribution >= 0.6 is 15.9 Å². The van der Waals surface area contributed by atoms with Gasteiger partial charge >= 0.3 is 0 Å². The summed E-state index contributed by atoms with van der Waals surface area (Å²) in [6, 6.07) is 7.43. The number of phenols is 2. The molecule has 2 N–H and O–H groups in total. The van der Waals surface area contributed by atoms with Crippen LogP contribution in [0.3, 0.4) is 0 Å². The van der Waals surface area contributed by atoms with Crippen LogP contribution in [0.1, 0.15) is 5.56 Å². The number of rotatable bonds is 5. The number of fused-ring (bicyclic) bond motifs is 3. The van der Waals surface area contributed by atoms with Crippen LogP contribution in [0.15, 0.2) is 28.7 Å². The Morgan fingerprint density at radius 2 is 1.70 bits per heavy atom. The summed E-state index contributed by atoms with van der Waals surface area (Å²) < 4.78 is 12.3. The summed E-state index contributed by atoms with van der Waals surface area (Å²) in [5.74, 6) is 0.951. The molecule has 0 unspecified atom stereocenters. The van der Waals surface area contributed by atoms with Gasteiger partial charge in [-0.25, -0.2) is 0 Å². The fourth-order valence-electron chi connectivity index (χ4n) is 3.37. The van der Waals surface area contributed by atoms with Gasteiger partial charge in [-0.05, 0) is 49.8 Å². The van der Waals surface area contributed by atoms with Crippen LogP contribution in [0.2, 0.25) is 0 Å². The molecule has 5 nitrogen and oxygen atoms in total. The minimum Gasteiger partial charge on any atom is -0.504 e. The summed E-state index contributed by atoms with van der Waals surface area (Å²) in [4.78, 5) is 0. The third kappa shape index (κ3) is 3.51. The molecule has 3 rings (SSSR count). The third-order valence-electron chi connectivity index (χ3n) is 4.80. The molecule has 0 saturated heterocycles. The molecule has 0 saturated carbocycles. The van der Waals surface area contributed by atoms with Crippen molar-refractivity contribution < 1.29 is 24.2 Å². The number of phenolic OH excluding ortho intramolecular Hbond substituents is 2. The molecule has 0 aliphatic rings. The summed E-state index contributed by atoms with van der Waals surface area (Å²) >= 11 is 3.56. The number of aromatic hydroxyl groups is 2. The van der Waals surface area contributed by atoms with E-state index in [1.165, 1.54) is 7.11 Å². The number of hydrogen-bond acceptors (Lipinski definition) is 4. The molecule has 0 aliphatic heterocycles. The van der Waals surface area contributed by atoms with Gasteiger partial charge in [-0.2, -0.15) is 0 Å². The highest BCUT2D eigenvalue weighted by molar-refractivity contribution is 9.10. The molecule has 0 fully saturated rings. The number of methoxy groups -OCH3 is 2. The van der Waals surface area contributed by atoms with Crippen LogP contribution in [-0.2, 0) is 6.42 Å². The molecule has 0 aliphatic carbocycles. The number of ether oxygens (including phenoxy) is 2. The molecule has 0 heterocycles. The highest BCUT2D eigenvalue weighted by Gasteiger charge is 2.22. The Morgan fingerprint density at radius 3 is 2.30 bits per heavy atom. The number of likely N-dealkylation sites (N-methyl/N-ethyl adjacent to an activating group) is 1. The Labute approximate surface area is 167 Å². The molecular formula is C21H25BrNO4+. The van der Waals surface area contributed by atoms with Crippen LogP contribution in [-0.4, -0.2) is 56.6 Å². The second-order valence-corrected chi connectivity index (χ2v) is 8.46. The van der Waals surface area contributed by atoms with Gasteiger partial charge in [-0.3, -0.25) is 0 Å². The van der Waals surface area contributed by atoms with Gasteiger partial charge in [0.25, 0.3) is 0 Å². The van der Waals surface area contributed by atoms with Gasteiger partial charge in [-0.1, -0.05) is 12.1 Å². The zero-order chi connectivity index (χ0) is 19.9. The Morgan fingerprint density at radius 1 is 1.00 bits per heavy atom. The summed E-state index contributed by atoms with van der Waals surface area (Å²) in [6.07, 6.45) is 0.791. The van der Waals surface area contributed by atoms with Gasteiger partial charge in [0.15, 0.2) is 23.0 Å². The Hall–Kier alpha value is -2.18. The van der Waals surface area contributed by atoms with Gasteiger partial charge < -0.3 is 24.2 Å². The average Bonchev–Trinajstić information content (AvgIpc) is 2.60. The van der Waals surface area contributed by atoms with E-state index >= 15 is 0 Å². The molecule has 27 heavy (non-hydrogen) atoms. The lowest BCUT2D eigenvalue weighted by molar-refractivity contribution is -0.870. The standard InChI is InChI=1S/C21H24BrNO4/c1-23(2,3)9-8-14-13-7-6-12-10-16(24)17(26-4)11-15(12)18(13)21(27-5)20(25)19(14)22/h6-7,10-11H,8-9H2,1-5H3,(H-,24,25)/p+1. The first-order valence-electron chi connectivity index (χ1n) is 8.69. The van der Waals surface area contributed by atoms with Crippen LogP contribution in [0, 0.1) is 0 Å². The first-order valence-corrected chi connectivity index (χ1v) is 9.48. The molecule has 0 spiro atoms. The molecule has 0 atom stereocenters. The predicted octanol–water partition coefficient (Wildman–Crippen LogP) is 4.43. The molecule has 0 bridgehead atoms.